The van der Waals surface area contributed by atoms with Crippen molar-refractivity contribution >= 4 is 22.8 Å². The molecule has 8 heteroatoms. The Morgan fingerprint density at radius 1 is 1.31 bits per heavy atom. The predicted octanol–water partition coefficient (Wildman–Crippen LogP) is 1.30. The Morgan fingerprint density at radius 2 is 2.00 bits per heavy atom. The van der Waals surface area contributed by atoms with Crippen LogP contribution in [0, 0.1) is 11.3 Å². The van der Waals surface area contributed by atoms with Gasteiger partial charge in [0.2, 0.25) is 5.91 Å². The highest BCUT2D eigenvalue weighted by Gasteiger charge is 2.39. The highest BCUT2D eigenvalue weighted by atomic mass is 16.3. The van der Waals surface area contributed by atoms with Crippen LogP contribution in [-0.2, 0) is 4.79 Å². The van der Waals surface area contributed by atoms with Gasteiger partial charge in [0.15, 0.2) is 5.69 Å². The maximum atomic E-state index is 13.1. The predicted molar refractivity (Wildman–Crippen MR) is 109 cm³/mol. The summed E-state index contributed by atoms with van der Waals surface area (Å²) < 4.78 is 0. The van der Waals surface area contributed by atoms with Gasteiger partial charge in [-0.3, -0.25) is 14.4 Å². The topological polar surface area (TPSA) is 115 Å². The zero-order valence-electron chi connectivity index (χ0n) is 17.2. The smallest absolute Gasteiger partial charge is 0.280 e. The minimum Gasteiger partial charge on any atom is -0.392 e. The van der Waals surface area contributed by atoms with Crippen molar-refractivity contribution in [3.05, 3.63) is 40.3 Å². The fourth-order valence-corrected chi connectivity index (χ4v) is 3.64. The summed E-state index contributed by atoms with van der Waals surface area (Å²) in [6.07, 6.45) is 0.0163. The van der Waals surface area contributed by atoms with E-state index in [9.17, 15) is 19.5 Å². The SMILES string of the molecule is CC(C)[C@H](NC(=O)c1nc2ccccc2[nH]c1=O)C(=O)N1CCC(O)C(C)(C)C1. The van der Waals surface area contributed by atoms with Gasteiger partial charge in [-0.25, -0.2) is 4.98 Å². The fourth-order valence-electron chi connectivity index (χ4n) is 3.64. The zero-order valence-corrected chi connectivity index (χ0v) is 17.2. The van der Waals surface area contributed by atoms with Gasteiger partial charge in [-0.2, -0.15) is 0 Å². The zero-order chi connectivity index (χ0) is 21.3. The summed E-state index contributed by atoms with van der Waals surface area (Å²) in [6, 6.07) is 6.15. The third kappa shape index (κ3) is 4.32. The largest absolute Gasteiger partial charge is 0.392 e. The van der Waals surface area contributed by atoms with E-state index < -0.39 is 29.0 Å². The number of nitrogens with one attached hydrogen (secondary N) is 2. The number of para-hydroxylation sites is 2. The molecule has 0 bridgehead atoms. The second-order valence-electron chi connectivity index (χ2n) is 8.68. The van der Waals surface area contributed by atoms with Crippen LogP contribution in [0.5, 0.6) is 0 Å². The summed E-state index contributed by atoms with van der Waals surface area (Å²) in [4.78, 5) is 46.7. The van der Waals surface area contributed by atoms with Crippen LogP contribution >= 0.6 is 0 Å². The van der Waals surface area contributed by atoms with Gasteiger partial charge in [-0.05, 0) is 24.5 Å². The van der Waals surface area contributed by atoms with Crippen molar-refractivity contribution < 1.29 is 14.7 Å². The molecule has 1 saturated heterocycles. The number of hydrogen-bond acceptors (Lipinski definition) is 5. The van der Waals surface area contributed by atoms with Crippen molar-refractivity contribution in [2.45, 2.75) is 46.3 Å². The van der Waals surface area contributed by atoms with E-state index in [1.54, 1.807) is 29.2 Å². The molecule has 2 aromatic rings. The lowest BCUT2D eigenvalue weighted by Crippen LogP contribution is -2.57. The maximum Gasteiger partial charge on any atom is 0.280 e. The van der Waals surface area contributed by atoms with Crippen LogP contribution in [-0.4, -0.2) is 57.0 Å². The van der Waals surface area contributed by atoms with E-state index in [4.69, 9.17) is 0 Å². The van der Waals surface area contributed by atoms with Gasteiger partial charge < -0.3 is 20.3 Å². The average molecular weight is 400 g/mol. The molecule has 1 fully saturated rings. The summed E-state index contributed by atoms with van der Waals surface area (Å²) in [5, 5.41) is 12.8. The molecule has 0 saturated carbocycles. The monoisotopic (exact) mass is 400 g/mol. The Labute approximate surface area is 169 Å². The second kappa shape index (κ2) is 7.94. The van der Waals surface area contributed by atoms with Gasteiger partial charge in [0, 0.05) is 18.5 Å². The number of amides is 2. The van der Waals surface area contributed by atoms with E-state index in [0.717, 1.165) is 0 Å². The van der Waals surface area contributed by atoms with Crippen molar-refractivity contribution in [2.75, 3.05) is 13.1 Å². The highest BCUT2D eigenvalue weighted by molar-refractivity contribution is 5.97. The first-order valence-corrected chi connectivity index (χ1v) is 9.87. The summed E-state index contributed by atoms with van der Waals surface area (Å²) >= 11 is 0. The number of aliphatic hydroxyl groups excluding tert-OH is 1. The average Bonchev–Trinajstić information content (AvgIpc) is 2.66. The number of aromatic nitrogens is 2. The molecule has 3 rings (SSSR count). The number of rotatable bonds is 4. The third-order valence-electron chi connectivity index (χ3n) is 5.52. The molecule has 2 heterocycles. The standard InChI is InChI=1S/C21H28N4O4/c1-12(2)16(20(29)25-10-9-15(26)21(3,4)11-25)24-19(28)17-18(27)23-14-8-6-5-7-13(14)22-17/h5-8,12,15-16,26H,9-11H2,1-4H3,(H,23,27)(H,24,28)/t15?,16-/m0/s1. The van der Waals surface area contributed by atoms with Crippen LogP contribution < -0.4 is 10.9 Å². The molecule has 2 amide bonds. The van der Waals surface area contributed by atoms with Gasteiger partial charge >= 0.3 is 0 Å². The first-order valence-electron chi connectivity index (χ1n) is 9.87. The number of nitrogens with zero attached hydrogens (tertiary/aromatic N) is 2. The lowest BCUT2D eigenvalue weighted by Gasteiger charge is -2.43. The number of carbonyl (C=O) groups is 2. The lowest BCUT2D eigenvalue weighted by atomic mass is 9.81. The van der Waals surface area contributed by atoms with Crippen LogP contribution in [0.25, 0.3) is 11.0 Å². The Kier molecular flexibility index (Phi) is 5.75. The number of fused-ring (bicyclic) bond motifs is 1. The number of piperidine rings is 1. The number of carbonyl (C=O) groups excluding carboxylic acids is 2. The minimum absolute atomic E-state index is 0.180. The quantitative estimate of drug-likeness (QED) is 0.715. The molecule has 1 aromatic carbocycles. The molecule has 156 valence electrons. The van der Waals surface area contributed by atoms with E-state index in [1.165, 1.54) is 0 Å². The van der Waals surface area contributed by atoms with Crippen LogP contribution in [0.3, 0.4) is 0 Å². The molecule has 0 radical (unpaired) electrons. The molecule has 0 aliphatic carbocycles. The molecule has 1 aliphatic rings. The molecule has 1 aliphatic heterocycles. The van der Waals surface area contributed by atoms with Crippen molar-refractivity contribution in [3.63, 3.8) is 0 Å². The van der Waals surface area contributed by atoms with Gasteiger partial charge in [-0.15, -0.1) is 0 Å². The Bertz CT molecular complexity index is 982. The summed E-state index contributed by atoms with van der Waals surface area (Å²) in [7, 11) is 0. The van der Waals surface area contributed by atoms with Crippen LogP contribution in [0.4, 0.5) is 0 Å². The molecule has 3 N–H and O–H groups in total. The lowest BCUT2D eigenvalue weighted by molar-refractivity contribution is -0.141. The maximum absolute atomic E-state index is 13.1. The number of aliphatic hydroxyl groups is 1. The van der Waals surface area contributed by atoms with E-state index in [1.807, 2.05) is 27.7 Å². The summed E-state index contributed by atoms with van der Waals surface area (Å²) in [5.41, 5.74) is -0.248. The number of benzene rings is 1. The molecule has 8 nitrogen and oxygen atoms in total. The Morgan fingerprint density at radius 3 is 2.66 bits per heavy atom. The number of hydrogen-bond donors (Lipinski definition) is 3. The van der Waals surface area contributed by atoms with E-state index in [0.29, 0.717) is 30.5 Å². The van der Waals surface area contributed by atoms with Crippen LogP contribution in [0.2, 0.25) is 0 Å². The molecule has 1 unspecified atom stereocenters. The fraction of sp³-hybridized carbons (Fsp3) is 0.524. The van der Waals surface area contributed by atoms with E-state index >= 15 is 0 Å². The third-order valence-corrected chi connectivity index (χ3v) is 5.52. The Hall–Kier alpha value is -2.74. The summed E-state index contributed by atoms with van der Waals surface area (Å²) in [5.74, 6) is -1.08. The van der Waals surface area contributed by atoms with E-state index in [2.05, 4.69) is 15.3 Å². The van der Waals surface area contributed by atoms with Gasteiger partial charge in [0.25, 0.3) is 11.5 Å². The number of likely N-dealkylation sites (tertiary alicyclic amines) is 1. The van der Waals surface area contributed by atoms with Crippen LogP contribution in [0.15, 0.2) is 29.1 Å². The highest BCUT2D eigenvalue weighted by Crippen LogP contribution is 2.29. The second-order valence-corrected chi connectivity index (χ2v) is 8.68. The molecule has 2 atom stereocenters. The first-order chi connectivity index (χ1) is 13.6. The molecular weight excluding hydrogens is 372 g/mol. The minimum atomic E-state index is -0.791. The normalized spacial score (nSPS) is 19.9. The summed E-state index contributed by atoms with van der Waals surface area (Å²) in [6.45, 7) is 8.34. The van der Waals surface area contributed by atoms with Crippen LogP contribution in [0.1, 0.15) is 44.6 Å². The molecule has 1 aromatic heterocycles. The molecule has 0 spiro atoms. The first kappa shape index (κ1) is 21.0. The van der Waals surface area contributed by atoms with Crippen molar-refractivity contribution in [1.29, 1.82) is 0 Å². The van der Waals surface area contributed by atoms with Gasteiger partial charge in [0.05, 0.1) is 17.1 Å². The van der Waals surface area contributed by atoms with Crippen molar-refractivity contribution in [1.82, 2.24) is 20.2 Å². The molecule has 29 heavy (non-hydrogen) atoms. The molecular formula is C21H28N4O4. The van der Waals surface area contributed by atoms with Crippen molar-refractivity contribution in [2.24, 2.45) is 11.3 Å². The Balaban J connectivity index is 1.82. The van der Waals surface area contributed by atoms with Gasteiger partial charge in [-0.1, -0.05) is 39.8 Å². The van der Waals surface area contributed by atoms with E-state index in [-0.39, 0.29) is 17.5 Å². The van der Waals surface area contributed by atoms with Gasteiger partial charge in [0.1, 0.15) is 6.04 Å². The number of aromatic amines is 1. The number of H-pyrrole nitrogens is 1. The van der Waals surface area contributed by atoms with Crippen molar-refractivity contribution in [3.8, 4) is 0 Å².